The zero-order chi connectivity index (χ0) is 15.9. The Labute approximate surface area is 133 Å². The molecule has 1 aromatic carbocycles. The molecule has 1 amide bonds. The standard InChI is InChI=1S/C14H17N3O3S2/c1-9-5-6-10-12(8-9)21-14(15-10)16-13(18)11-4-3-7-17(11)22(2,19)20/h5-6,8,11H,3-4,7H2,1-2H3,(H,15,16,18). The van der Waals surface area contributed by atoms with Crippen molar-refractivity contribution in [3.63, 3.8) is 0 Å². The van der Waals surface area contributed by atoms with E-state index >= 15 is 0 Å². The molecule has 2 aromatic rings. The molecule has 1 N–H and O–H groups in total. The van der Waals surface area contributed by atoms with Gasteiger partial charge in [-0.1, -0.05) is 17.4 Å². The predicted molar refractivity (Wildman–Crippen MR) is 87.6 cm³/mol. The number of fused-ring (bicyclic) bond motifs is 1. The van der Waals surface area contributed by atoms with Gasteiger partial charge in [0.25, 0.3) is 0 Å². The minimum absolute atomic E-state index is 0.307. The molecule has 0 radical (unpaired) electrons. The van der Waals surface area contributed by atoms with Gasteiger partial charge in [-0.05, 0) is 37.5 Å². The highest BCUT2D eigenvalue weighted by Crippen LogP contribution is 2.28. The average Bonchev–Trinajstić information content (AvgIpc) is 3.02. The second-order valence-corrected chi connectivity index (χ2v) is 8.48. The van der Waals surface area contributed by atoms with Gasteiger partial charge in [0.2, 0.25) is 15.9 Å². The van der Waals surface area contributed by atoms with Gasteiger partial charge in [0.15, 0.2) is 5.13 Å². The van der Waals surface area contributed by atoms with E-state index in [4.69, 9.17) is 0 Å². The fourth-order valence-corrected chi connectivity index (χ4v) is 4.76. The first-order valence-electron chi connectivity index (χ1n) is 6.99. The van der Waals surface area contributed by atoms with Gasteiger partial charge in [0.1, 0.15) is 6.04 Å². The lowest BCUT2D eigenvalue weighted by molar-refractivity contribution is -0.119. The van der Waals surface area contributed by atoms with Crippen molar-refractivity contribution in [2.45, 2.75) is 25.8 Å². The smallest absolute Gasteiger partial charge is 0.244 e. The van der Waals surface area contributed by atoms with E-state index in [2.05, 4.69) is 10.3 Å². The number of rotatable bonds is 3. The molecule has 1 aromatic heterocycles. The van der Waals surface area contributed by atoms with Gasteiger partial charge in [-0.25, -0.2) is 13.4 Å². The van der Waals surface area contributed by atoms with E-state index in [0.29, 0.717) is 24.5 Å². The summed E-state index contributed by atoms with van der Waals surface area (Å²) in [7, 11) is -3.36. The van der Waals surface area contributed by atoms with Gasteiger partial charge in [-0.2, -0.15) is 4.31 Å². The minimum Gasteiger partial charge on any atom is -0.301 e. The van der Waals surface area contributed by atoms with Crippen LogP contribution in [0.5, 0.6) is 0 Å². The summed E-state index contributed by atoms with van der Waals surface area (Å²) in [5.74, 6) is -0.307. The fourth-order valence-electron chi connectivity index (χ4n) is 2.67. The molecule has 8 heteroatoms. The van der Waals surface area contributed by atoms with Crippen LogP contribution in [-0.2, 0) is 14.8 Å². The lowest BCUT2D eigenvalue weighted by Gasteiger charge is -2.20. The zero-order valence-corrected chi connectivity index (χ0v) is 14.0. The summed E-state index contributed by atoms with van der Waals surface area (Å²) in [5.41, 5.74) is 1.96. The summed E-state index contributed by atoms with van der Waals surface area (Å²) in [5, 5.41) is 3.26. The lowest BCUT2D eigenvalue weighted by Crippen LogP contribution is -2.42. The van der Waals surface area contributed by atoms with E-state index in [1.165, 1.54) is 15.6 Å². The third kappa shape index (κ3) is 2.99. The van der Waals surface area contributed by atoms with E-state index in [-0.39, 0.29) is 5.91 Å². The molecule has 0 saturated carbocycles. The van der Waals surface area contributed by atoms with E-state index in [1.807, 2.05) is 25.1 Å². The second-order valence-electron chi connectivity index (χ2n) is 5.51. The molecule has 0 spiro atoms. The Morgan fingerprint density at radius 1 is 1.45 bits per heavy atom. The number of anilines is 1. The predicted octanol–water partition coefficient (Wildman–Crippen LogP) is 1.97. The minimum atomic E-state index is -3.36. The van der Waals surface area contributed by atoms with Crippen molar-refractivity contribution >= 4 is 42.6 Å². The summed E-state index contributed by atoms with van der Waals surface area (Å²) in [6.07, 6.45) is 2.38. The second kappa shape index (κ2) is 5.60. The highest BCUT2D eigenvalue weighted by Gasteiger charge is 2.36. The normalized spacial score (nSPS) is 19.6. The van der Waals surface area contributed by atoms with Gasteiger partial charge in [-0.15, -0.1) is 0 Å². The topological polar surface area (TPSA) is 79.4 Å². The molecular formula is C14H17N3O3S2. The van der Waals surface area contributed by atoms with Gasteiger partial charge in [0, 0.05) is 6.54 Å². The largest absolute Gasteiger partial charge is 0.301 e. The first-order valence-corrected chi connectivity index (χ1v) is 9.66. The Morgan fingerprint density at radius 2 is 2.23 bits per heavy atom. The Bertz CT molecular complexity index is 829. The molecule has 3 rings (SSSR count). The molecular weight excluding hydrogens is 322 g/mol. The highest BCUT2D eigenvalue weighted by atomic mass is 32.2. The number of aromatic nitrogens is 1. The van der Waals surface area contributed by atoms with Crippen LogP contribution in [0.25, 0.3) is 10.2 Å². The number of carbonyl (C=O) groups is 1. The summed E-state index contributed by atoms with van der Waals surface area (Å²) >= 11 is 1.40. The molecule has 2 heterocycles. The zero-order valence-electron chi connectivity index (χ0n) is 12.4. The molecule has 1 unspecified atom stereocenters. The Hall–Kier alpha value is -1.51. The summed E-state index contributed by atoms with van der Waals surface area (Å²) in [6.45, 7) is 2.40. The molecule has 1 aliphatic rings. The van der Waals surface area contributed by atoms with E-state index in [9.17, 15) is 13.2 Å². The summed E-state index contributed by atoms with van der Waals surface area (Å²) in [4.78, 5) is 16.7. The maximum Gasteiger partial charge on any atom is 0.244 e. The lowest BCUT2D eigenvalue weighted by atomic mass is 10.2. The number of hydrogen-bond acceptors (Lipinski definition) is 5. The number of nitrogens with one attached hydrogen (secondary N) is 1. The van der Waals surface area contributed by atoms with Crippen molar-refractivity contribution in [1.82, 2.24) is 9.29 Å². The maximum absolute atomic E-state index is 12.4. The third-order valence-electron chi connectivity index (χ3n) is 3.71. The Morgan fingerprint density at radius 3 is 2.95 bits per heavy atom. The molecule has 118 valence electrons. The van der Waals surface area contributed by atoms with Crippen molar-refractivity contribution < 1.29 is 13.2 Å². The van der Waals surface area contributed by atoms with Crippen LogP contribution in [0, 0.1) is 6.92 Å². The summed E-state index contributed by atoms with van der Waals surface area (Å²) < 4.78 is 25.7. The van der Waals surface area contributed by atoms with Gasteiger partial charge in [0.05, 0.1) is 16.5 Å². The van der Waals surface area contributed by atoms with Gasteiger partial charge in [-0.3, -0.25) is 4.79 Å². The number of thiazole rings is 1. The van der Waals surface area contributed by atoms with Crippen LogP contribution in [0.2, 0.25) is 0 Å². The molecule has 22 heavy (non-hydrogen) atoms. The number of hydrogen-bond donors (Lipinski definition) is 1. The van der Waals surface area contributed by atoms with Crippen molar-refractivity contribution in [2.75, 3.05) is 18.1 Å². The summed E-state index contributed by atoms with van der Waals surface area (Å²) in [6, 6.07) is 5.26. The molecule has 1 saturated heterocycles. The van der Waals surface area contributed by atoms with Crippen LogP contribution in [-0.4, -0.2) is 42.5 Å². The van der Waals surface area contributed by atoms with Crippen LogP contribution < -0.4 is 5.32 Å². The maximum atomic E-state index is 12.4. The number of amides is 1. The molecule has 1 aliphatic heterocycles. The van der Waals surface area contributed by atoms with E-state index in [0.717, 1.165) is 22.0 Å². The van der Waals surface area contributed by atoms with Crippen LogP contribution in [0.4, 0.5) is 5.13 Å². The quantitative estimate of drug-likeness (QED) is 0.927. The number of aryl methyl sites for hydroxylation is 1. The van der Waals surface area contributed by atoms with Crippen LogP contribution in [0.15, 0.2) is 18.2 Å². The van der Waals surface area contributed by atoms with Crippen molar-refractivity contribution in [3.8, 4) is 0 Å². The van der Waals surface area contributed by atoms with Crippen molar-refractivity contribution in [1.29, 1.82) is 0 Å². The van der Waals surface area contributed by atoms with Crippen LogP contribution in [0.3, 0.4) is 0 Å². The van der Waals surface area contributed by atoms with E-state index in [1.54, 1.807) is 0 Å². The Kier molecular flexibility index (Phi) is 3.92. The monoisotopic (exact) mass is 339 g/mol. The van der Waals surface area contributed by atoms with Crippen molar-refractivity contribution in [2.24, 2.45) is 0 Å². The number of sulfonamides is 1. The molecule has 0 aliphatic carbocycles. The van der Waals surface area contributed by atoms with Crippen LogP contribution >= 0.6 is 11.3 Å². The third-order valence-corrected chi connectivity index (χ3v) is 5.93. The van der Waals surface area contributed by atoms with Gasteiger partial charge >= 0.3 is 0 Å². The SMILES string of the molecule is Cc1ccc2nc(NC(=O)C3CCCN3S(C)(=O)=O)sc2c1. The fraction of sp³-hybridized carbons (Fsp3) is 0.429. The first kappa shape index (κ1) is 15.4. The molecule has 1 atom stereocenters. The number of carbonyl (C=O) groups excluding carboxylic acids is 1. The highest BCUT2D eigenvalue weighted by molar-refractivity contribution is 7.88. The average molecular weight is 339 g/mol. The molecule has 6 nitrogen and oxygen atoms in total. The van der Waals surface area contributed by atoms with Crippen molar-refractivity contribution in [3.05, 3.63) is 23.8 Å². The van der Waals surface area contributed by atoms with Crippen LogP contribution in [0.1, 0.15) is 18.4 Å². The molecule has 0 bridgehead atoms. The Balaban J connectivity index is 1.80. The first-order chi connectivity index (χ1) is 10.3. The number of benzene rings is 1. The van der Waals surface area contributed by atoms with Gasteiger partial charge < -0.3 is 5.32 Å². The van der Waals surface area contributed by atoms with E-state index < -0.39 is 16.1 Å². The number of nitrogens with zero attached hydrogens (tertiary/aromatic N) is 2. The molecule has 1 fully saturated rings.